The van der Waals surface area contributed by atoms with Crippen molar-refractivity contribution in [1.29, 1.82) is 0 Å². The molecular weight excluding hydrogens is 388 g/mol. The Hall–Kier alpha value is -2.04. The second kappa shape index (κ2) is 6.60. The Kier molecular flexibility index (Phi) is 4.76. The topological polar surface area (TPSA) is 95.3 Å². The van der Waals surface area contributed by atoms with Gasteiger partial charge in [0.1, 0.15) is 10.8 Å². The third kappa shape index (κ3) is 2.97. The molecule has 0 saturated heterocycles. The number of aromatic amines is 1. The minimum atomic E-state index is -2.51. The third-order valence-electron chi connectivity index (χ3n) is 4.38. The Labute approximate surface area is 155 Å². The van der Waals surface area contributed by atoms with E-state index in [1.165, 1.54) is 4.52 Å². The van der Waals surface area contributed by atoms with Gasteiger partial charge in [-0.15, -0.1) is 10.2 Å². The van der Waals surface area contributed by atoms with E-state index in [2.05, 4.69) is 15.3 Å². The number of rotatable bonds is 5. The highest BCUT2D eigenvalue weighted by Crippen LogP contribution is 2.36. The second-order valence-corrected chi connectivity index (χ2v) is 7.44. The number of aromatic nitrogens is 4. The number of benzene rings is 1. The van der Waals surface area contributed by atoms with Crippen LogP contribution < -0.4 is 4.72 Å². The summed E-state index contributed by atoms with van der Waals surface area (Å²) in [6.45, 7) is 5.93. The summed E-state index contributed by atoms with van der Waals surface area (Å²) in [4.78, 5) is 0. The number of halogens is 3. The molecule has 0 fully saturated rings. The summed E-state index contributed by atoms with van der Waals surface area (Å²) < 4.78 is 52.1. The van der Waals surface area contributed by atoms with Crippen LogP contribution in [0.1, 0.15) is 32.9 Å². The SMILES string of the molecule is CCC(C)(C)c1[nH]n2c(-c3c(F)ccc(NS(=O)O)c3F)nnc2c1Cl. The molecule has 3 N–H and O–H groups in total. The van der Waals surface area contributed by atoms with Gasteiger partial charge in [0, 0.05) is 5.41 Å². The summed E-state index contributed by atoms with van der Waals surface area (Å²) in [6.07, 6.45) is 0.767. The highest BCUT2D eigenvalue weighted by Gasteiger charge is 2.29. The van der Waals surface area contributed by atoms with E-state index in [4.69, 9.17) is 16.2 Å². The van der Waals surface area contributed by atoms with E-state index in [1.807, 2.05) is 25.5 Å². The quantitative estimate of drug-likeness (QED) is 0.563. The zero-order valence-electron chi connectivity index (χ0n) is 14.1. The van der Waals surface area contributed by atoms with Crippen LogP contribution in [0, 0.1) is 11.6 Å². The van der Waals surface area contributed by atoms with Gasteiger partial charge in [0.25, 0.3) is 11.3 Å². The van der Waals surface area contributed by atoms with E-state index in [0.717, 1.165) is 18.6 Å². The minimum absolute atomic E-state index is 0.137. The zero-order valence-corrected chi connectivity index (χ0v) is 15.7. The lowest BCUT2D eigenvalue weighted by molar-refractivity contribution is 0.487. The van der Waals surface area contributed by atoms with Crippen molar-refractivity contribution in [2.45, 2.75) is 32.6 Å². The second-order valence-electron chi connectivity index (χ2n) is 6.36. The number of anilines is 1. The van der Waals surface area contributed by atoms with Gasteiger partial charge in [-0.1, -0.05) is 32.4 Å². The number of hydrogen-bond acceptors (Lipinski definition) is 3. The van der Waals surface area contributed by atoms with E-state index < -0.39 is 28.5 Å². The molecule has 1 atom stereocenters. The van der Waals surface area contributed by atoms with Crippen LogP contribution in [0.25, 0.3) is 17.0 Å². The van der Waals surface area contributed by atoms with Gasteiger partial charge >= 0.3 is 0 Å². The first-order chi connectivity index (χ1) is 12.2. The molecule has 0 bridgehead atoms. The first-order valence-corrected chi connectivity index (χ1v) is 9.14. The lowest BCUT2D eigenvalue weighted by Gasteiger charge is -2.21. The Bertz CT molecular complexity index is 1020. The van der Waals surface area contributed by atoms with E-state index in [0.29, 0.717) is 10.7 Å². The molecule has 2 heterocycles. The van der Waals surface area contributed by atoms with Crippen LogP contribution in [0.15, 0.2) is 12.1 Å². The van der Waals surface area contributed by atoms with Crippen LogP contribution in [-0.2, 0) is 16.7 Å². The molecule has 1 aromatic carbocycles. The predicted molar refractivity (Wildman–Crippen MR) is 95.4 cm³/mol. The third-order valence-corrected chi connectivity index (χ3v) is 5.13. The van der Waals surface area contributed by atoms with Gasteiger partial charge in [0.15, 0.2) is 17.3 Å². The van der Waals surface area contributed by atoms with Crippen LogP contribution in [0.2, 0.25) is 5.02 Å². The minimum Gasteiger partial charge on any atom is -0.293 e. The lowest BCUT2D eigenvalue weighted by atomic mass is 9.87. The first kappa shape index (κ1) is 18.7. The van der Waals surface area contributed by atoms with Crippen LogP contribution in [0.5, 0.6) is 0 Å². The molecule has 0 aliphatic carbocycles. The van der Waals surface area contributed by atoms with Crippen LogP contribution in [0.3, 0.4) is 0 Å². The number of nitrogens with one attached hydrogen (secondary N) is 2. The van der Waals surface area contributed by atoms with Crippen molar-refractivity contribution >= 4 is 34.2 Å². The molecule has 0 amide bonds. The van der Waals surface area contributed by atoms with Gasteiger partial charge in [-0.05, 0) is 18.6 Å². The molecule has 0 aliphatic heterocycles. The lowest BCUT2D eigenvalue weighted by Crippen LogP contribution is -2.17. The average molecular weight is 404 g/mol. The molecule has 0 aliphatic rings. The van der Waals surface area contributed by atoms with E-state index in [1.54, 1.807) is 0 Å². The maximum absolute atomic E-state index is 14.7. The molecule has 7 nitrogen and oxygen atoms in total. The highest BCUT2D eigenvalue weighted by molar-refractivity contribution is 7.80. The monoisotopic (exact) mass is 403 g/mol. The van der Waals surface area contributed by atoms with Crippen molar-refractivity contribution in [1.82, 2.24) is 19.8 Å². The molecule has 3 aromatic rings. The Morgan fingerprint density at radius 1 is 1.38 bits per heavy atom. The summed E-state index contributed by atoms with van der Waals surface area (Å²) in [7, 11) is 0. The number of hydrogen-bond donors (Lipinski definition) is 3. The molecular formula is C15H16ClF2N5O2S. The molecule has 0 radical (unpaired) electrons. The largest absolute Gasteiger partial charge is 0.293 e. The predicted octanol–water partition coefficient (Wildman–Crippen LogP) is 3.89. The number of H-pyrrole nitrogens is 1. The maximum atomic E-state index is 14.7. The molecule has 26 heavy (non-hydrogen) atoms. The Morgan fingerprint density at radius 2 is 2.08 bits per heavy atom. The summed E-state index contributed by atoms with van der Waals surface area (Å²) in [5.41, 5.74) is -0.249. The highest BCUT2D eigenvalue weighted by atomic mass is 35.5. The molecule has 2 aromatic heterocycles. The van der Waals surface area contributed by atoms with Crippen LogP contribution >= 0.6 is 11.6 Å². The van der Waals surface area contributed by atoms with Crippen molar-refractivity contribution < 1.29 is 17.5 Å². The van der Waals surface area contributed by atoms with Crippen LogP contribution in [-0.4, -0.2) is 28.6 Å². The normalized spacial score (nSPS) is 13.3. The number of fused-ring (bicyclic) bond motifs is 1. The van der Waals surface area contributed by atoms with Gasteiger partial charge in [-0.3, -0.25) is 14.4 Å². The summed E-state index contributed by atoms with van der Waals surface area (Å²) in [5.74, 6) is -2.10. The van der Waals surface area contributed by atoms with E-state index in [9.17, 15) is 13.0 Å². The zero-order chi connectivity index (χ0) is 19.2. The molecule has 11 heteroatoms. The fourth-order valence-electron chi connectivity index (χ4n) is 2.52. The van der Waals surface area contributed by atoms with Crippen LogP contribution in [0.4, 0.5) is 14.5 Å². The van der Waals surface area contributed by atoms with Crippen molar-refractivity contribution in [2.24, 2.45) is 0 Å². The Morgan fingerprint density at radius 3 is 2.69 bits per heavy atom. The van der Waals surface area contributed by atoms with Crippen molar-refractivity contribution in [3.05, 3.63) is 34.5 Å². The fourth-order valence-corrected chi connectivity index (χ4v) is 3.29. The van der Waals surface area contributed by atoms with Gasteiger partial charge in [-0.2, -0.15) is 0 Å². The Balaban J connectivity index is 2.24. The van der Waals surface area contributed by atoms with Gasteiger partial charge in [0.05, 0.1) is 16.9 Å². The van der Waals surface area contributed by atoms with E-state index >= 15 is 0 Å². The molecule has 1 unspecified atom stereocenters. The van der Waals surface area contributed by atoms with Gasteiger partial charge < -0.3 is 0 Å². The van der Waals surface area contributed by atoms with E-state index in [-0.39, 0.29) is 22.6 Å². The standard InChI is InChI=1S/C15H16ClF2N5O2S/c1-4-15(2,3)12-10(16)14-20-19-13(23(14)21-12)9-7(17)5-6-8(11(9)18)22-26(24)25/h5-6,21-22H,4H2,1-3H3,(H,24,25). The maximum Gasteiger partial charge on any atom is 0.259 e. The summed E-state index contributed by atoms with van der Waals surface area (Å²) in [5, 5.41) is 11.1. The average Bonchev–Trinajstić information content (AvgIpc) is 3.12. The molecule has 0 saturated carbocycles. The summed E-state index contributed by atoms with van der Waals surface area (Å²) in [6, 6.07) is 1.99. The first-order valence-electron chi connectivity index (χ1n) is 7.66. The molecule has 0 spiro atoms. The molecule has 140 valence electrons. The summed E-state index contributed by atoms with van der Waals surface area (Å²) >= 11 is 3.86. The molecule has 3 rings (SSSR count). The van der Waals surface area contributed by atoms with Gasteiger partial charge in [-0.25, -0.2) is 17.5 Å². The van der Waals surface area contributed by atoms with Gasteiger partial charge in [0.2, 0.25) is 0 Å². The van der Waals surface area contributed by atoms with Crippen molar-refractivity contribution in [3.63, 3.8) is 0 Å². The van der Waals surface area contributed by atoms with Crippen molar-refractivity contribution in [3.8, 4) is 11.4 Å². The fraction of sp³-hybridized carbons (Fsp3) is 0.333. The smallest absolute Gasteiger partial charge is 0.259 e. The van der Waals surface area contributed by atoms with Crippen molar-refractivity contribution in [2.75, 3.05) is 4.72 Å². The number of nitrogens with zero attached hydrogens (tertiary/aromatic N) is 3.